The van der Waals surface area contributed by atoms with Gasteiger partial charge in [0, 0.05) is 148 Å². The first-order chi connectivity index (χ1) is 33.1. The number of fused-ring (bicyclic) bond motifs is 2. The van der Waals surface area contributed by atoms with E-state index < -0.39 is 0 Å². The molecule has 1 spiro atoms. The Morgan fingerprint density at radius 3 is 2.19 bits per heavy atom. The maximum atomic E-state index is 14.1. The van der Waals surface area contributed by atoms with Crippen molar-refractivity contribution in [3.05, 3.63) is 107 Å². The molecule has 11 rings (SSSR count). The Hall–Kier alpha value is -6.39. The SMILES string of the molecule is CC(=O)N1CCc2c(c(-c3cccc4cc(-c5cnn(C)c5)ncc34)nn2C2CCN(C(=O)C3CCN(c4ccc(N5CCC6(CC5)CCN(c5ccc(C#N)c(Cl)c5)C6C)cc4)CC3)CC2)C1. The zero-order valence-corrected chi connectivity index (χ0v) is 40.2. The largest absolute Gasteiger partial charge is 0.371 e. The van der Waals surface area contributed by atoms with Crippen molar-refractivity contribution in [2.45, 2.75) is 83.8 Å². The summed E-state index contributed by atoms with van der Waals surface area (Å²) in [5, 5.41) is 21.7. The number of amides is 2. The number of anilines is 3. The molecule has 0 radical (unpaired) electrons. The Morgan fingerprint density at radius 1 is 0.809 bits per heavy atom. The number of rotatable bonds is 7. The van der Waals surface area contributed by atoms with Crippen LogP contribution in [0.2, 0.25) is 5.02 Å². The minimum absolute atomic E-state index is 0.0471. The van der Waals surface area contributed by atoms with E-state index in [1.165, 1.54) is 23.5 Å². The molecule has 14 heteroatoms. The summed E-state index contributed by atoms with van der Waals surface area (Å²) in [5.41, 5.74) is 10.6. The molecule has 0 N–H and O–H groups in total. The van der Waals surface area contributed by atoms with E-state index in [0.29, 0.717) is 35.6 Å². The third kappa shape index (κ3) is 8.04. The molecule has 3 aromatic heterocycles. The van der Waals surface area contributed by atoms with Gasteiger partial charge in [-0.15, -0.1) is 0 Å². The summed E-state index contributed by atoms with van der Waals surface area (Å²) in [4.78, 5) is 43.1. The zero-order valence-electron chi connectivity index (χ0n) is 39.4. The predicted octanol–water partition coefficient (Wildman–Crippen LogP) is 8.89. The van der Waals surface area contributed by atoms with Crippen molar-refractivity contribution in [2.75, 3.05) is 67.1 Å². The lowest BCUT2D eigenvalue weighted by molar-refractivity contribution is -0.137. The minimum atomic E-state index is 0.0471. The summed E-state index contributed by atoms with van der Waals surface area (Å²) in [6.45, 7) is 11.5. The molecule has 13 nitrogen and oxygen atoms in total. The number of piperidine rings is 3. The quantitative estimate of drug-likeness (QED) is 0.155. The number of pyridine rings is 1. The Labute approximate surface area is 403 Å². The number of benzene rings is 3. The number of aromatic nitrogens is 5. The van der Waals surface area contributed by atoms with Crippen molar-refractivity contribution in [3.8, 4) is 28.6 Å². The summed E-state index contributed by atoms with van der Waals surface area (Å²) in [7, 11) is 1.91. The molecule has 350 valence electrons. The number of hydrogen-bond acceptors (Lipinski definition) is 9. The van der Waals surface area contributed by atoms with E-state index in [-0.39, 0.29) is 23.3 Å². The van der Waals surface area contributed by atoms with Gasteiger partial charge in [-0.1, -0.05) is 29.8 Å². The fourth-order valence-electron chi connectivity index (χ4n) is 12.3. The van der Waals surface area contributed by atoms with E-state index in [1.807, 2.05) is 48.7 Å². The van der Waals surface area contributed by atoms with E-state index in [9.17, 15) is 14.9 Å². The maximum absolute atomic E-state index is 14.1. The van der Waals surface area contributed by atoms with Gasteiger partial charge in [-0.25, -0.2) is 0 Å². The van der Waals surface area contributed by atoms with Gasteiger partial charge in [-0.2, -0.15) is 15.5 Å². The lowest BCUT2D eigenvalue weighted by Crippen LogP contribution is -2.46. The highest BCUT2D eigenvalue weighted by molar-refractivity contribution is 6.32. The van der Waals surface area contributed by atoms with E-state index in [2.05, 4.69) is 90.9 Å². The van der Waals surface area contributed by atoms with Crippen LogP contribution in [0.4, 0.5) is 17.1 Å². The first kappa shape index (κ1) is 44.1. The number of aryl methyl sites for hydroxylation is 1. The van der Waals surface area contributed by atoms with Gasteiger partial charge in [0.25, 0.3) is 0 Å². The third-order valence-corrected chi connectivity index (χ3v) is 16.8. The highest BCUT2D eigenvalue weighted by atomic mass is 35.5. The molecule has 1 atom stereocenters. The molecular formula is C54H60ClN11O2. The molecular weight excluding hydrogens is 870 g/mol. The average Bonchev–Trinajstić information content (AvgIpc) is 4.08. The number of carbonyl (C=O) groups is 2. The van der Waals surface area contributed by atoms with Crippen LogP contribution < -0.4 is 14.7 Å². The van der Waals surface area contributed by atoms with E-state index in [0.717, 1.165) is 135 Å². The molecule has 4 fully saturated rings. The van der Waals surface area contributed by atoms with Gasteiger partial charge in [0.2, 0.25) is 11.8 Å². The van der Waals surface area contributed by atoms with Gasteiger partial charge < -0.3 is 24.5 Å². The molecule has 0 bridgehead atoms. The summed E-state index contributed by atoms with van der Waals surface area (Å²) >= 11 is 6.42. The standard InChI is InChI=1S/C54H60ClN11O2/c1-36-54(20-28-65(36)45-8-7-40(31-56)49(55)30-45)18-26-62(27-19-54)43-11-9-42(10-12-43)61-21-13-38(14-22-61)53(68)63-23-15-44(16-24-63)66-51-17-25-64(37(2)67)35-48(51)52(59-66)46-6-4-5-39-29-50(57-33-47(39)46)41-32-58-60(3)34-41/h4-12,29-30,32-34,36,38,44H,13-28,35H2,1-3H3. The van der Waals surface area contributed by atoms with Crippen LogP contribution in [-0.2, 0) is 29.6 Å². The van der Waals surface area contributed by atoms with Crippen molar-refractivity contribution in [3.63, 3.8) is 0 Å². The van der Waals surface area contributed by atoms with Crippen molar-refractivity contribution in [1.29, 1.82) is 5.26 Å². The van der Waals surface area contributed by atoms with Crippen molar-refractivity contribution < 1.29 is 9.59 Å². The van der Waals surface area contributed by atoms with Gasteiger partial charge in [-0.05, 0) is 111 Å². The molecule has 5 aliphatic rings. The lowest BCUT2D eigenvalue weighted by atomic mass is 9.73. The molecule has 0 saturated carbocycles. The second kappa shape index (κ2) is 17.9. The average molecular weight is 931 g/mol. The van der Waals surface area contributed by atoms with Gasteiger partial charge in [0.05, 0.1) is 34.2 Å². The summed E-state index contributed by atoms with van der Waals surface area (Å²) in [6.07, 6.45) is 13.4. The monoisotopic (exact) mass is 929 g/mol. The summed E-state index contributed by atoms with van der Waals surface area (Å²) in [5.74, 6) is 0.426. The second-order valence-electron chi connectivity index (χ2n) is 20.0. The molecule has 4 saturated heterocycles. The molecule has 0 aliphatic carbocycles. The fraction of sp³-hybridized carbons (Fsp3) is 0.444. The van der Waals surface area contributed by atoms with Crippen LogP contribution in [0.5, 0.6) is 0 Å². The Kier molecular flexibility index (Phi) is 11.6. The number of nitriles is 1. The summed E-state index contributed by atoms with van der Waals surface area (Å²) in [6, 6.07) is 26.2. The minimum Gasteiger partial charge on any atom is -0.371 e. The molecule has 8 heterocycles. The highest BCUT2D eigenvalue weighted by Gasteiger charge is 2.46. The molecule has 1 unspecified atom stereocenters. The lowest BCUT2D eigenvalue weighted by Gasteiger charge is -2.44. The van der Waals surface area contributed by atoms with E-state index in [1.54, 1.807) is 11.6 Å². The smallest absolute Gasteiger partial charge is 0.225 e. The number of nitrogens with zero attached hydrogens (tertiary/aromatic N) is 11. The molecule has 2 amide bonds. The van der Waals surface area contributed by atoms with Gasteiger partial charge in [0.15, 0.2) is 0 Å². The molecule has 6 aromatic rings. The van der Waals surface area contributed by atoms with Crippen molar-refractivity contribution >= 4 is 51.2 Å². The first-order valence-electron chi connectivity index (χ1n) is 24.6. The van der Waals surface area contributed by atoms with Crippen LogP contribution in [0.3, 0.4) is 0 Å². The number of halogens is 1. The van der Waals surface area contributed by atoms with Crippen LogP contribution in [0.25, 0.3) is 33.3 Å². The molecule has 68 heavy (non-hydrogen) atoms. The van der Waals surface area contributed by atoms with Crippen LogP contribution in [0.1, 0.15) is 81.7 Å². The topological polar surface area (TPSA) is 123 Å². The zero-order chi connectivity index (χ0) is 46.7. The third-order valence-electron chi connectivity index (χ3n) is 16.5. The van der Waals surface area contributed by atoms with Gasteiger partial charge >= 0.3 is 0 Å². The Bertz CT molecular complexity index is 2910. The van der Waals surface area contributed by atoms with E-state index in [4.69, 9.17) is 21.7 Å². The van der Waals surface area contributed by atoms with Crippen LogP contribution in [0, 0.1) is 22.7 Å². The number of carbonyl (C=O) groups excluding carboxylic acids is 2. The van der Waals surface area contributed by atoms with Gasteiger partial charge in [0.1, 0.15) is 6.07 Å². The highest BCUT2D eigenvalue weighted by Crippen LogP contribution is 2.48. The fourth-order valence-corrected chi connectivity index (χ4v) is 12.5. The number of hydrogen-bond donors (Lipinski definition) is 0. The normalized spacial score (nSPS) is 20.0. The van der Waals surface area contributed by atoms with Crippen LogP contribution >= 0.6 is 11.6 Å². The van der Waals surface area contributed by atoms with Gasteiger partial charge in [-0.3, -0.25) is 23.9 Å². The first-order valence-corrected chi connectivity index (χ1v) is 25.0. The second-order valence-corrected chi connectivity index (χ2v) is 20.4. The molecule has 5 aliphatic heterocycles. The Morgan fingerprint density at radius 2 is 1.51 bits per heavy atom. The van der Waals surface area contributed by atoms with E-state index >= 15 is 0 Å². The van der Waals surface area contributed by atoms with Crippen molar-refractivity contribution in [1.82, 2.24) is 34.3 Å². The number of likely N-dealkylation sites (tertiary alicyclic amines) is 1. The molecule has 3 aromatic carbocycles. The Balaban J connectivity index is 0.699. The predicted molar refractivity (Wildman–Crippen MR) is 268 cm³/mol. The van der Waals surface area contributed by atoms with Crippen LogP contribution in [-0.4, -0.2) is 105 Å². The summed E-state index contributed by atoms with van der Waals surface area (Å²) < 4.78 is 4.04. The van der Waals surface area contributed by atoms with Crippen molar-refractivity contribution in [2.24, 2.45) is 18.4 Å². The maximum Gasteiger partial charge on any atom is 0.225 e. The van der Waals surface area contributed by atoms with Crippen LogP contribution in [0.15, 0.2) is 85.3 Å².